The summed E-state index contributed by atoms with van der Waals surface area (Å²) in [5, 5.41) is 5.79. The van der Waals surface area contributed by atoms with Crippen molar-refractivity contribution in [3.05, 3.63) is 45.4 Å². The number of nitrogens with one attached hydrogen (secondary N) is 2. The van der Waals surface area contributed by atoms with E-state index in [-0.39, 0.29) is 10.0 Å². The monoisotopic (exact) mass is 362 g/mol. The molecule has 1 amide bonds. The number of amides is 1. The van der Waals surface area contributed by atoms with Crippen molar-refractivity contribution in [2.75, 3.05) is 19.6 Å². The van der Waals surface area contributed by atoms with Crippen LogP contribution in [0.15, 0.2) is 34.3 Å². The first kappa shape index (κ1) is 16.0. The van der Waals surface area contributed by atoms with Gasteiger partial charge in [0, 0.05) is 23.1 Å². The van der Waals surface area contributed by atoms with E-state index in [0.717, 1.165) is 31.1 Å². The smallest absolute Gasteiger partial charge is 0.348 e. The second kappa shape index (κ2) is 6.62. The van der Waals surface area contributed by atoms with Gasteiger partial charge in [-0.1, -0.05) is 27.6 Å². The molecule has 1 aliphatic rings. The molecule has 0 unspecified atom stereocenters. The van der Waals surface area contributed by atoms with Crippen molar-refractivity contribution in [1.29, 1.82) is 0 Å². The van der Waals surface area contributed by atoms with Crippen LogP contribution in [-0.4, -0.2) is 25.5 Å². The van der Waals surface area contributed by atoms with Gasteiger partial charge in [0.1, 0.15) is 0 Å². The Morgan fingerprint density at radius 1 is 1.38 bits per heavy atom. The van der Waals surface area contributed by atoms with E-state index >= 15 is 0 Å². The third-order valence-corrected chi connectivity index (χ3v) is 3.86. The van der Waals surface area contributed by atoms with Crippen LogP contribution in [0, 0.1) is 0 Å². The lowest BCUT2D eigenvalue weighted by molar-refractivity contribution is -0.138. The fraction of sp³-hybridized carbons (Fsp3) is 0.357. The van der Waals surface area contributed by atoms with Gasteiger partial charge in [-0.15, -0.1) is 0 Å². The molecule has 0 fully saturated rings. The van der Waals surface area contributed by atoms with Gasteiger partial charge < -0.3 is 10.6 Å². The second-order valence-corrected chi connectivity index (χ2v) is 5.55. The highest BCUT2D eigenvalue weighted by molar-refractivity contribution is 9.10. The zero-order valence-electron chi connectivity index (χ0n) is 11.1. The topological polar surface area (TPSA) is 41.1 Å². The Morgan fingerprint density at radius 3 is 2.76 bits per heavy atom. The van der Waals surface area contributed by atoms with Crippen LogP contribution in [-0.2, 0) is 6.18 Å². The molecule has 2 N–H and O–H groups in total. The lowest BCUT2D eigenvalue weighted by atomic mass is 10.1. The molecule has 3 nitrogen and oxygen atoms in total. The van der Waals surface area contributed by atoms with E-state index in [1.54, 1.807) is 0 Å². The predicted molar refractivity (Wildman–Crippen MR) is 77.0 cm³/mol. The lowest BCUT2D eigenvalue weighted by Crippen LogP contribution is -2.29. The summed E-state index contributed by atoms with van der Waals surface area (Å²) < 4.78 is 38.3. The summed E-state index contributed by atoms with van der Waals surface area (Å²) >= 11 is 2.85. The number of halogens is 4. The Balaban J connectivity index is 2.07. The number of carbonyl (C=O) groups is 1. The van der Waals surface area contributed by atoms with E-state index in [0.29, 0.717) is 6.54 Å². The Bertz CT molecular complexity index is 570. The predicted octanol–water partition coefficient (Wildman–Crippen LogP) is 3.12. The van der Waals surface area contributed by atoms with E-state index < -0.39 is 17.6 Å². The van der Waals surface area contributed by atoms with Crippen LogP contribution in [0.1, 0.15) is 22.3 Å². The van der Waals surface area contributed by atoms with Gasteiger partial charge in [0.15, 0.2) is 0 Å². The van der Waals surface area contributed by atoms with Gasteiger partial charge in [0.25, 0.3) is 5.91 Å². The molecule has 0 saturated carbocycles. The third-order valence-electron chi connectivity index (χ3n) is 3.17. The SMILES string of the molecule is O=C(NCC1=CCNCC1)c1ccc(Br)c(C(F)(F)F)c1. The average molecular weight is 363 g/mol. The van der Waals surface area contributed by atoms with Crippen LogP contribution >= 0.6 is 15.9 Å². The van der Waals surface area contributed by atoms with Crippen molar-refractivity contribution in [2.24, 2.45) is 0 Å². The minimum atomic E-state index is -4.49. The Morgan fingerprint density at radius 2 is 2.14 bits per heavy atom. The van der Waals surface area contributed by atoms with Gasteiger partial charge in [-0.2, -0.15) is 13.2 Å². The zero-order chi connectivity index (χ0) is 15.5. The quantitative estimate of drug-likeness (QED) is 0.811. The largest absolute Gasteiger partial charge is 0.417 e. The van der Waals surface area contributed by atoms with E-state index in [2.05, 4.69) is 26.6 Å². The highest BCUT2D eigenvalue weighted by atomic mass is 79.9. The average Bonchev–Trinajstić information content (AvgIpc) is 2.45. The first-order valence-electron chi connectivity index (χ1n) is 6.41. The third kappa shape index (κ3) is 4.31. The number of alkyl halides is 3. The number of carbonyl (C=O) groups excluding carboxylic acids is 1. The summed E-state index contributed by atoms with van der Waals surface area (Å²) in [7, 11) is 0. The fourth-order valence-electron chi connectivity index (χ4n) is 2.01. The molecule has 1 heterocycles. The van der Waals surface area contributed by atoms with Gasteiger partial charge in [-0.05, 0) is 31.2 Å². The molecule has 1 aliphatic heterocycles. The van der Waals surface area contributed by atoms with Gasteiger partial charge in [0.2, 0.25) is 0 Å². The number of hydrogen-bond donors (Lipinski definition) is 2. The molecule has 0 bridgehead atoms. The fourth-order valence-corrected chi connectivity index (χ4v) is 2.48. The number of hydrogen-bond acceptors (Lipinski definition) is 2. The Labute approximate surface area is 128 Å². The maximum absolute atomic E-state index is 12.8. The lowest BCUT2D eigenvalue weighted by Gasteiger charge is -2.15. The van der Waals surface area contributed by atoms with Crippen molar-refractivity contribution in [2.45, 2.75) is 12.6 Å². The van der Waals surface area contributed by atoms with Crippen LogP contribution in [0.5, 0.6) is 0 Å². The molecule has 21 heavy (non-hydrogen) atoms. The van der Waals surface area contributed by atoms with Crippen molar-refractivity contribution < 1.29 is 18.0 Å². The molecule has 0 spiro atoms. The van der Waals surface area contributed by atoms with E-state index in [1.165, 1.54) is 12.1 Å². The molecule has 1 aromatic carbocycles. The second-order valence-electron chi connectivity index (χ2n) is 4.69. The van der Waals surface area contributed by atoms with E-state index in [1.807, 2.05) is 6.08 Å². The summed E-state index contributed by atoms with van der Waals surface area (Å²) in [6, 6.07) is 3.46. The van der Waals surface area contributed by atoms with Crippen LogP contribution in [0.4, 0.5) is 13.2 Å². The van der Waals surface area contributed by atoms with Gasteiger partial charge in [-0.3, -0.25) is 4.79 Å². The molecule has 0 atom stereocenters. The van der Waals surface area contributed by atoms with Gasteiger partial charge >= 0.3 is 6.18 Å². The standard InChI is InChI=1S/C14H14BrF3N2O/c15-12-2-1-10(7-11(12)14(16,17)18)13(21)20-8-9-3-5-19-6-4-9/h1-3,7,19H,4-6,8H2,(H,20,21). The maximum atomic E-state index is 12.8. The molecular weight excluding hydrogens is 349 g/mol. The first-order valence-corrected chi connectivity index (χ1v) is 7.21. The Hall–Kier alpha value is -1.34. The molecule has 2 rings (SSSR count). The van der Waals surface area contributed by atoms with E-state index in [4.69, 9.17) is 0 Å². The molecule has 0 saturated heterocycles. The van der Waals surface area contributed by atoms with Crippen LogP contribution in [0.25, 0.3) is 0 Å². The van der Waals surface area contributed by atoms with Crippen molar-refractivity contribution in [3.63, 3.8) is 0 Å². The summed E-state index contributed by atoms with van der Waals surface area (Å²) in [5.74, 6) is -0.507. The van der Waals surface area contributed by atoms with Crippen molar-refractivity contribution >= 4 is 21.8 Å². The minimum Gasteiger partial charge on any atom is -0.348 e. The summed E-state index contributed by atoms with van der Waals surface area (Å²) in [4.78, 5) is 11.9. The highest BCUT2D eigenvalue weighted by Gasteiger charge is 2.33. The summed E-state index contributed by atoms with van der Waals surface area (Å²) in [5.41, 5.74) is 0.228. The summed E-state index contributed by atoms with van der Waals surface area (Å²) in [6.07, 6.45) is -1.69. The number of benzene rings is 1. The number of rotatable bonds is 3. The minimum absolute atomic E-state index is 0.0000550. The molecule has 114 valence electrons. The first-order chi connectivity index (χ1) is 9.88. The van der Waals surface area contributed by atoms with Crippen molar-refractivity contribution in [3.8, 4) is 0 Å². The highest BCUT2D eigenvalue weighted by Crippen LogP contribution is 2.35. The Kier molecular flexibility index (Phi) is 5.05. The molecule has 0 aliphatic carbocycles. The maximum Gasteiger partial charge on any atom is 0.417 e. The van der Waals surface area contributed by atoms with Crippen molar-refractivity contribution in [1.82, 2.24) is 10.6 Å². The van der Waals surface area contributed by atoms with Crippen LogP contribution in [0.2, 0.25) is 0 Å². The van der Waals surface area contributed by atoms with Crippen LogP contribution in [0.3, 0.4) is 0 Å². The molecule has 0 radical (unpaired) electrons. The summed E-state index contributed by atoms with van der Waals surface area (Å²) in [6.45, 7) is 1.96. The van der Waals surface area contributed by atoms with Crippen LogP contribution < -0.4 is 10.6 Å². The molecular formula is C14H14BrF3N2O. The van der Waals surface area contributed by atoms with Gasteiger partial charge in [0.05, 0.1) is 5.56 Å². The molecule has 0 aromatic heterocycles. The van der Waals surface area contributed by atoms with Gasteiger partial charge in [-0.25, -0.2) is 0 Å². The molecule has 1 aromatic rings. The normalized spacial score (nSPS) is 15.5. The van der Waals surface area contributed by atoms with E-state index in [9.17, 15) is 18.0 Å². The zero-order valence-corrected chi connectivity index (χ0v) is 12.6. The molecule has 7 heteroatoms.